The van der Waals surface area contributed by atoms with Gasteiger partial charge in [0.1, 0.15) is 10.6 Å². The average Bonchev–Trinajstić information content (AvgIpc) is 2.67. The van der Waals surface area contributed by atoms with E-state index in [0.29, 0.717) is 24.7 Å². The van der Waals surface area contributed by atoms with Crippen molar-refractivity contribution in [3.05, 3.63) is 17.5 Å². The first-order valence-corrected chi connectivity index (χ1v) is 8.09. The summed E-state index contributed by atoms with van der Waals surface area (Å²) in [6.45, 7) is 4.74. The third-order valence-electron chi connectivity index (χ3n) is 4.07. The van der Waals surface area contributed by atoms with E-state index in [9.17, 15) is 13.2 Å². The summed E-state index contributed by atoms with van der Waals surface area (Å²) in [5, 5.41) is 9.08. The standard InChI is InChI=1S/C13H20N2O4S/c1-9-4-6-15(7-5-9)20(18,19)12-8-11(13(16)17)14(3)10(12)2/h8-9H,4-7H2,1-3H3,(H,16,17). The molecule has 0 aliphatic carbocycles. The van der Waals surface area contributed by atoms with Crippen LogP contribution in [0.5, 0.6) is 0 Å². The molecule has 1 aliphatic heterocycles. The Labute approximate surface area is 119 Å². The van der Waals surface area contributed by atoms with Crippen molar-refractivity contribution in [3.63, 3.8) is 0 Å². The zero-order valence-electron chi connectivity index (χ0n) is 12.0. The van der Waals surface area contributed by atoms with Gasteiger partial charge in [0, 0.05) is 25.8 Å². The number of carboxylic acid groups (broad SMARTS) is 1. The second kappa shape index (κ2) is 5.21. The zero-order chi connectivity index (χ0) is 15.1. The molecule has 0 spiro atoms. The predicted octanol–water partition coefficient (Wildman–Crippen LogP) is 1.45. The van der Waals surface area contributed by atoms with Crippen molar-refractivity contribution in [2.45, 2.75) is 31.6 Å². The number of carboxylic acids is 1. The molecule has 0 unspecified atom stereocenters. The molecule has 0 aromatic carbocycles. The molecule has 1 aromatic rings. The molecule has 0 saturated carbocycles. The Morgan fingerprint density at radius 2 is 1.90 bits per heavy atom. The van der Waals surface area contributed by atoms with Gasteiger partial charge in [0.15, 0.2) is 0 Å². The van der Waals surface area contributed by atoms with Crippen molar-refractivity contribution >= 4 is 16.0 Å². The highest BCUT2D eigenvalue weighted by Crippen LogP contribution is 2.27. The van der Waals surface area contributed by atoms with Crippen LogP contribution in [-0.4, -0.2) is 41.5 Å². The van der Waals surface area contributed by atoms with Gasteiger partial charge in [-0.3, -0.25) is 0 Å². The minimum atomic E-state index is -3.60. The lowest BCUT2D eigenvalue weighted by atomic mass is 10.0. The summed E-state index contributed by atoms with van der Waals surface area (Å²) in [4.78, 5) is 11.2. The van der Waals surface area contributed by atoms with E-state index in [1.165, 1.54) is 14.9 Å². The molecular weight excluding hydrogens is 280 g/mol. The molecule has 6 nitrogen and oxygen atoms in total. The van der Waals surface area contributed by atoms with Gasteiger partial charge in [-0.05, 0) is 31.7 Å². The van der Waals surface area contributed by atoms with Crippen molar-refractivity contribution < 1.29 is 18.3 Å². The van der Waals surface area contributed by atoms with Gasteiger partial charge in [-0.25, -0.2) is 13.2 Å². The van der Waals surface area contributed by atoms with Crippen LogP contribution in [0.25, 0.3) is 0 Å². The molecule has 1 aliphatic rings. The number of sulfonamides is 1. The predicted molar refractivity (Wildman–Crippen MR) is 74.3 cm³/mol. The summed E-state index contributed by atoms with van der Waals surface area (Å²) < 4.78 is 28.1. The Hall–Kier alpha value is -1.34. The van der Waals surface area contributed by atoms with Gasteiger partial charge in [0.05, 0.1) is 0 Å². The lowest BCUT2D eigenvalue weighted by molar-refractivity contribution is 0.0686. The first kappa shape index (κ1) is 15.1. The number of aromatic carboxylic acids is 1. The number of hydrogen-bond donors (Lipinski definition) is 1. The number of hydrogen-bond acceptors (Lipinski definition) is 3. The lowest BCUT2D eigenvalue weighted by Gasteiger charge is -2.29. The fraction of sp³-hybridized carbons (Fsp3) is 0.615. The largest absolute Gasteiger partial charge is 0.477 e. The highest BCUT2D eigenvalue weighted by Gasteiger charge is 2.31. The minimum Gasteiger partial charge on any atom is -0.477 e. The van der Waals surface area contributed by atoms with Crippen LogP contribution in [0.1, 0.15) is 35.9 Å². The molecule has 2 rings (SSSR count). The first-order chi connectivity index (χ1) is 9.25. The van der Waals surface area contributed by atoms with E-state index in [4.69, 9.17) is 5.11 Å². The van der Waals surface area contributed by atoms with Crippen LogP contribution in [0, 0.1) is 12.8 Å². The normalized spacial score (nSPS) is 18.4. The molecule has 1 fully saturated rings. The number of aromatic nitrogens is 1. The first-order valence-electron chi connectivity index (χ1n) is 6.65. The SMILES string of the molecule is Cc1c(S(=O)(=O)N2CCC(C)CC2)cc(C(=O)O)n1C. The highest BCUT2D eigenvalue weighted by molar-refractivity contribution is 7.89. The van der Waals surface area contributed by atoms with Gasteiger partial charge in [-0.15, -0.1) is 0 Å². The second-order valence-electron chi connectivity index (χ2n) is 5.43. The highest BCUT2D eigenvalue weighted by atomic mass is 32.2. The van der Waals surface area contributed by atoms with Crippen molar-refractivity contribution in [2.75, 3.05) is 13.1 Å². The maximum absolute atomic E-state index is 12.6. The summed E-state index contributed by atoms with van der Waals surface area (Å²) in [5.41, 5.74) is 0.451. The Bertz CT molecular complexity index is 625. The summed E-state index contributed by atoms with van der Waals surface area (Å²) in [7, 11) is -2.04. The van der Waals surface area contributed by atoms with E-state index in [2.05, 4.69) is 6.92 Å². The van der Waals surface area contributed by atoms with Gasteiger partial charge >= 0.3 is 5.97 Å². The Kier molecular flexibility index (Phi) is 3.93. The average molecular weight is 300 g/mol. The van der Waals surface area contributed by atoms with E-state index < -0.39 is 16.0 Å². The molecule has 1 aromatic heterocycles. The third kappa shape index (κ3) is 2.47. The lowest BCUT2D eigenvalue weighted by Crippen LogP contribution is -2.38. The van der Waals surface area contributed by atoms with Crippen LogP contribution in [0.4, 0.5) is 0 Å². The van der Waals surface area contributed by atoms with Crippen LogP contribution in [0.3, 0.4) is 0 Å². The summed E-state index contributed by atoms with van der Waals surface area (Å²) in [5.74, 6) is -0.586. The molecule has 0 bridgehead atoms. The van der Waals surface area contributed by atoms with Gasteiger partial charge in [0.2, 0.25) is 10.0 Å². The molecule has 0 atom stereocenters. The van der Waals surface area contributed by atoms with E-state index >= 15 is 0 Å². The Morgan fingerprint density at radius 1 is 1.35 bits per heavy atom. The summed E-state index contributed by atoms with van der Waals surface area (Å²) in [6, 6.07) is 1.25. The molecule has 7 heteroatoms. The van der Waals surface area contributed by atoms with E-state index in [1.54, 1.807) is 14.0 Å². The fourth-order valence-electron chi connectivity index (χ4n) is 2.50. The van der Waals surface area contributed by atoms with Gasteiger partial charge in [0.25, 0.3) is 0 Å². The molecule has 20 heavy (non-hydrogen) atoms. The maximum Gasteiger partial charge on any atom is 0.352 e. The van der Waals surface area contributed by atoms with Crippen LogP contribution in [0.2, 0.25) is 0 Å². The maximum atomic E-state index is 12.6. The molecule has 0 radical (unpaired) electrons. The van der Waals surface area contributed by atoms with Gasteiger partial charge in [-0.2, -0.15) is 4.31 Å². The topological polar surface area (TPSA) is 79.6 Å². The molecule has 1 saturated heterocycles. The van der Waals surface area contributed by atoms with E-state index in [1.807, 2.05) is 0 Å². The van der Waals surface area contributed by atoms with Crippen molar-refractivity contribution in [2.24, 2.45) is 13.0 Å². The van der Waals surface area contributed by atoms with Gasteiger partial charge < -0.3 is 9.67 Å². The molecular formula is C13H20N2O4S. The van der Waals surface area contributed by atoms with Crippen LogP contribution >= 0.6 is 0 Å². The number of piperidine rings is 1. The smallest absolute Gasteiger partial charge is 0.352 e. The fourth-order valence-corrected chi connectivity index (χ4v) is 4.24. The van der Waals surface area contributed by atoms with E-state index in [0.717, 1.165) is 12.8 Å². The summed E-state index contributed by atoms with van der Waals surface area (Å²) >= 11 is 0. The van der Waals surface area contributed by atoms with Crippen LogP contribution in [0.15, 0.2) is 11.0 Å². The number of rotatable bonds is 3. The van der Waals surface area contributed by atoms with Crippen molar-refractivity contribution in [1.29, 1.82) is 0 Å². The second-order valence-corrected chi connectivity index (χ2v) is 7.34. The van der Waals surface area contributed by atoms with Crippen LogP contribution < -0.4 is 0 Å². The number of carbonyl (C=O) groups is 1. The quantitative estimate of drug-likeness (QED) is 0.916. The summed E-state index contributed by atoms with van der Waals surface area (Å²) in [6.07, 6.45) is 1.69. The zero-order valence-corrected chi connectivity index (χ0v) is 12.8. The van der Waals surface area contributed by atoms with Crippen molar-refractivity contribution in [3.8, 4) is 0 Å². The monoisotopic (exact) mass is 300 g/mol. The van der Waals surface area contributed by atoms with Gasteiger partial charge in [-0.1, -0.05) is 6.92 Å². The molecule has 2 heterocycles. The minimum absolute atomic E-state index is 0.00791. The van der Waals surface area contributed by atoms with Crippen molar-refractivity contribution in [1.82, 2.24) is 8.87 Å². The Morgan fingerprint density at radius 3 is 2.35 bits per heavy atom. The molecule has 1 N–H and O–H groups in total. The number of nitrogens with zero attached hydrogens (tertiary/aromatic N) is 2. The molecule has 112 valence electrons. The molecule has 0 amide bonds. The van der Waals surface area contributed by atoms with E-state index in [-0.39, 0.29) is 10.6 Å². The third-order valence-corrected chi connectivity index (χ3v) is 6.08. The van der Waals surface area contributed by atoms with Crippen LogP contribution in [-0.2, 0) is 17.1 Å². The Balaban J connectivity index is 2.40.